The summed E-state index contributed by atoms with van der Waals surface area (Å²) < 4.78 is 11.0. The third-order valence-electron chi connectivity index (χ3n) is 5.97. The van der Waals surface area contributed by atoms with Gasteiger partial charge in [-0.25, -0.2) is 0 Å². The number of hydrogen-bond acceptors (Lipinski definition) is 4. The summed E-state index contributed by atoms with van der Waals surface area (Å²) in [6.45, 7) is 4.74. The maximum atomic E-state index is 13.0. The van der Waals surface area contributed by atoms with Gasteiger partial charge >= 0.3 is 0 Å². The van der Waals surface area contributed by atoms with Gasteiger partial charge in [-0.1, -0.05) is 12.1 Å². The molecular weight excluding hydrogens is 364 g/mol. The monoisotopic (exact) mass is 394 g/mol. The van der Waals surface area contributed by atoms with E-state index in [0.29, 0.717) is 12.6 Å². The first-order valence-electron chi connectivity index (χ1n) is 10.6. The second-order valence-electron chi connectivity index (χ2n) is 7.96. The molecule has 0 bridgehead atoms. The number of amides is 1. The largest absolute Gasteiger partial charge is 0.497 e. The first-order chi connectivity index (χ1) is 14.2. The van der Waals surface area contributed by atoms with E-state index < -0.39 is 0 Å². The Morgan fingerprint density at radius 3 is 2.31 bits per heavy atom. The number of rotatable bonds is 7. The summed E-state index contributed by atoms with van der Waals surface area (Å²) >= 11 is 0. The highest BCUT2D eigenvalue weighted by atomic mass is 16.5. The molecule has 0 aliphatic carbocycles. The van der Waals surface area contributed by atoms with Crippen LogP contribution in [0.5, 0.6) is 11.5 Å². The second-order valence-corrected chi connectivity index (χ2v) is 7.96. The van der Waals surface area contributed by atoms with Crippen molar-refractivity contribution in [2.45, 2.75) is 38.3 Å². The molecular formula is C24H30N2O3. The van der Waals surface area contributed by atoms with Gasteiger partial charge in [-0.05, 0) is 80.7 Å². The summed E-state index contributed by atoms with van der Waals surface area (Å²) in [4.78, 5) is 17.6. The predicted octanol–water partition coefficient (Wildman–Crippen LogP) is 3.97. The Hall–Kier alpha value is -2.53. The van der Waals surface area contributed by atoms with E-state index in [2.05, 4.69) is 9.80 Å². The topological polar surface area (TPSA) is 42.0 Å². The van der Waals surface area contributed by atoms with E-state index in [0.717, 1.165) is 48.6 Å². The number of methoxy groups -OCH3 is 1. The van der Waals surface area contributed by atoms with E-state index in [1.54, 1.807) is 7.11 Å². The lowest BCUT2D eigenvalue weighted by Crippen LogP contribution is -2.42. The number of likely N-dealkylation sites (tertiary alicyclic amines) is 2. The van der Waals surface area contributed by atoms with Gasteiger partial charge in [-0.3, -0.25) is 4.79 Å². The van der Waals surface area contributed by atoms with Crippen molar-refractivity contribution in [2.24, 2.45) is 0 Å². The predicted molar refractivity (Wildman–Crippen MR) is 114 cm³/mol. The summed E-state index contributed by atoms with van der Waals surface area (Å²) in [5.41, 5.74) is 1.82. The van der Waals surface area contributed by atoms with Gasteiger partial charge < -0.3 is 19.3 Å². The first kappa shape index (κ1) is 19.8. The van der Waals surface area contributed by atoms with Crippen LogP contribution in [0.25, 0.3) is 0 Å². The van der Waals surface area contributed by atoms with Crippen molar-refractivity contribution in [3.05, 3.63) is 59.7 Å². The molecule has 2 aliphatic heterocycles. The van der Waals surface area contributed by atoms with Crippen LogP contribution < -0.4 is 9.47 Å². The Morgan fingerprint density at radius 2 is 1.62 bits per heavy atom. The molecule has 1 amide bonds. The molecule has 0 spiro atoms. The molecule has 2 saturated heterocycles. The fraction of sp³-hybridized carbons (Fsp3) is 0.458. The standard InChI is InChI=1S/C24H30N2O3/c1-28-22-10-6-19(7-11-22)18-29-23-12-8-20(9-13-23)24(27)26-16-4-5-21(26)17-25-14-2-3-15-25/h6-13,21H,2-5,14-18H2,1H3/t21-/m0/s1. The van der Waals surface area contributed by atoms with Gasteiger partial charge in [0.1, 0.15) is 18.1 Å². The Morgan fingerprint density at radius 1 is 0.931 bits per heavy atom. The minimum Gasteiger partial charge on any atom is -0.497 e. The van der Waals surface area contributed by atoms with Crippen LogP contribution in [0.3, 0.4) is 0 Å². The smallest absolute Gasteiger partial charge is 0.254 e. The quantitative estimate of drug-likeness (QED) is 0.713. The Labute approximate surface area is 173 Å². The summed E-state index contributed by atoms with van der Waals surface area (Å²) in [7, 11) is 1.66. The van der Waals surface area contributed by atoms with Crippen LogP contribution in [-0.4, -0.2) is 55.0 Å². The number of ether oxygens (including phenoxy) is 2. The Bertz CT molecular complexity index is 798. The molecule has 2 aliphatic rings. The summed E-state index contributed by atoms with van der Waals surface area (Å²) in [6, 6.07) is 15.7. The molecule has 2 aromatic carbocycles. The zero-order valence-electron chi connectivity index (χ0n) is 17.2. The number of carbonyl (C=O) groups excluding carboxylic acids is 1. The van der Waals surface area contributed by atoms with Crippen LogP contribution >= 0.6 is 0 Å². The molecule has 2 heterocycles. The molecule has 29 heavy (non-hydrogen) atoms. The number of carbonyl (C=O) groups is 1. The third kappa shape index (κ3) is 4.91. The van der Waals surface area contributed by atoms with E-state index in [1.165, 1.54) is 25.9 Å². The van der Waals surface area contributed by atoms with Crippen molar-refractivity contribution in [2.75, 3.05) is 33.3 Å². The Kier molecular flexibility index (Phi) is 6.35. The van der Waals surface area contributed by atoms with Crippen LogP contribution in [0.4, 0.5) is 0 Å². The van der Waals surface area contributed by atoms with Crippen molar-refractivity contribution in [1.82, 2.24) is 9.80 Å². The van der Waals surface area contributed by atoms with E-state index in [9.17, 15) is 4.79 Å². The van der Waals surface area contributed by atoms with Crippen LogP contribution in [0, 0.1) is 0 Å². The highest BCUT2D eigenvalue weighted by molar-refractivity contribution is 5.94. The van der Waals surface area contributed by atoms with Crippen molar-refractivity contribution < 1.29 is 14.3 Å². The maximum Gasteiger partial charge on any atom is 0.254 e. The van der Waals surface area contributed by atoms with Gasteiger partial charge in [0.2, 0.25) is 0 Å². The molecule has 0 radical (unpaired) electrons. The van der Waals surface area contributed by atoms with E-state index in [-0.39, 0.29) is 5.91 Å². The van der Waals surface area contributed by atoms with Crippen molar-refractivity contribution >= 4 is 5.91 Å². The lowest BCUT2D eigenvalue weighted by molar-refractivity contribution is 0.0708. The molecule has 4 rings (SSSR count). The van der Waals surface area contributed by atoms with Gasteiger partial charge in [-0.2, -0.15) is 0 Å². The summed E-state index contributed by atoms with van der Waals surface area (Å²) in [6.07, 6.45) is 4.80. The average Bonchev–Trinajstić information content (AvgIpc) is 3.45. The number of nitrogens with zero attached hydrogens (tertiary/aromatic N) is 2. The minimum atomic E-state index is 0.147. The molecule has 0 unspecified atom stereocenters. The minimum absolute atomic E-state index is 0.147. The van der Waals surface area contributed by atoms with Gasteiger partial charge in [0, 0.05) is 24.7 Å². The van der Waals surface area contributed by atoms with Gasteiger partial charge in [0.05, 0.1) is 7.11 Å². The third-order valence-corrected chi connectivity index (χ3v) is 5.97. The average molecular weight is 395 g/mol. The zero-order valence-corrected chi connectivity index (χ0v) is 17.2. The molecule has 0 aromatic heterocycles. The summed E-state index contributed by atoms with van der Waals surface area (Å²) in [5, 5.41) is 0. The fourth-order valence-corrected chi connectivity index (χ4v) is 4.30. The zero-order chi connectivity index (χ0) is 20.1. The molecule has 0 N–H and O–H groups in total. The van der Waals surface area contributed by atoms with Gasteiger partial charge in [0.25, 0.3) is 5.91 Å². The Balaban J connectivity index is 1.33. The molecule has 1 atom stereocenters. The lowest BCUT2D eigenvalue weighted by atomic mass is 10.1. The van der Waals surface area contributed by atoms with E-state index in [4.69, 9.17) is 9.47 Å². The van der Waals surface area contributed by atoms with Gasteiger partial charge in [0.15, 0.2) is 0 Å². The van der Waals surface area contributed by atoms with Crippen LogP contribution in [0.15, 0.2) is 48.5 Å². The lowest BCUT2D eigenvalue weighted by Gasteiger charge is -2.28. The van der Waals surface area contributed by atoms with E-state index in [1.807, 2.05) is 48.5 Å². The maximum absolute atomic E-state index is 13.0. The van der Waals surface area contributed by atoms with Gasteiger partial charge in [-0.15, -0.1) is 0 Å². The van der Waals surface area contributed by atoms with Crippen molar-refractivity contribution in [3.63, 3.8) is 0 Å². The van der Waals surface area contributed by atoms with Crippen LogP contribution in [0.2, 0.25) is 0 Å². The SMILES string of the molecule is COc1ccc(COc2ccc(C(=O)N3CCC[C@H]3CN3CCCC3)cc2)cc1. The normalized spacial score (nSPS) is 19.5. The van der Waals surface area contributed by atoms with Crippen molar-refractivity contribution in [3.8, 4) is 11.5 Å². The highest BCUT2D eigenvalue weighted by Gasteiger charge is 2.31. The second kappa shape index (κ2) is 9.31. The molecule has 0 saturated carbocycles. The summed E-state index contributed by atoms with van der Waals surface area (Å²) in [5.74, 6) is 1.75. The van der Waals surface area contributed by atoms with Crippen LogP contribution in [0.1, 0.15) is 41.6 Å². The highest BCUT2D eigenvalue weighted by Crippen LogP contribution is 2.24. The van der Waals surface area contributed by atoms with Crippen molar-refractivity contribution in [1.29, 1.82) is 0 Å². The first-order valence-corrected chi connectivity index (χ1v) is 10.6. The molecule has 5 nitrogen and oxygen atoms in total. The molecule has 2 aromatic rings. The van der Waals surface area contributed by atoms with Crippen LogP contribution in [-0.2, 0) is 6.61 Å². The van der Waals surface area contributed by atoms with E-state index >= 15 is 0 Å². The molecule has 154 valence electrons. The number of hydrogen-bond donors (Lipinski definition) is 0. The fourth-order valence-electron chi connectivity index (χ4n) is 4.30. The molecule has 5 heteroatoms. The molecule has 2 fully saturated rings. The number of benzene rings is 2.